The van der Waals surface area contributed by atoms with Crippen molar-refractivity contribution in [1.29, 1.82) is 0 Å². The fraction of sp³-hybridized carbons (Fsp3) is 0.462. The Labute approximate surface area is 327 Å². The number of nitrogens with zero attached hydrogens (tertiary/aromatic N) is 6. The van der Waals surface area contributed by atoms with Gasteiger partial charge in [0.1, 0.15) is 6.54 Å². The zero-order valence-electron chi connectivity index (χ0n) is 32.9. The van der Waals surface area contributed by atoms with Crippen molar-refractivity contribution in [3.63, 3.8) is 0 Å². The number of carbonyl (C=O) groups excluding carboxylic acids is 4. The number of amides is 4. The Morgan fingerprint density at radius 2 is 1.24 bits per heavy atom. The van der Waals surface area contributed by atoms with Crippen LogP contribution >= 0.6 is 11.3 Å². The van der Waals surface area contributed by atoms with Crippen LogP contribution in [0.2, 0.25) is 0 Å². The number of alkyl carbamates (subject to hydrolysis) is 1. The van der Waals surface area contributed by atoms with Crippen molar-refractivity contribution in [3.8, 4) is 33.1 Å². The first kappa shape index (κ1) is 43.9. The molecule has 55 heavy (non-hydrogen) atoms. The SMILES string of the molecule is CC(=O)NCC(=O)N1CCCC1.CCC.CCC.COC(=O)NCC(=O)N1CCCC1.c1ncc(-c2ccc(-c3cn4cc(-c5cnc[nH]5)sc4n3)cc2)[nH]1. The van der Waals surface area contributed by atoms with Crippen LogP contribution in [0.1, 0.15) is 73.1 Å². The summed E-state index contributed by atoms with van der Waals surface area (Å²) in [7, 11) is 1.27. The summed E-state index contributed by atoms with van der Waals surface area (Å²) in [5, 5.41) is 4.85. The molecule has 4 aromatic heterocycles. The lowest BCUT2D eigenvalue weighted by atomic mass is 10.1. The van der Waals surface area contributed by atoms with Gasteiger partial charge in [0.15, 0.2) is 4.96 Å². The molecule has 0 spiro atoms. The van der Waals surface area contributed by atoms with Crippen molar-refractivity contribution in [2.75, 3.05) is 46.4 Å². The number of hydrogen-bond acceptors (Lipinski definition) is 9. The van der Waals surface area contributed by atoms with Gasteiger partial charge in [0.05, 0.1) is 60.7 Å². The Morgan fingerprint density at radius 1 is 0.745 bits per heavy atom. The molecular weight excluding hydrogens is 721 g/mol. The molecule has 16 heteroatoms. The van der Waals surface area contributed by atoms with Gasteiger partial charge in [-0.25, -0.2) is 19.7 Å². The number of fused-ring (bicyclic) bond motifs is 1. The van der Waals surface area contributed by atoms with Crippen molar-refractivity contribution in [1.82, 2.24) is 49.8 Å². The van der Waals surface area contributed by atoms with Gasteiger partial charge in [0, 0.05) is 51.1 Å². The topological polar surface area (TPSA) is 183 Å². The fourth-order valence-corrected chi connectivity index (χ4v) is 6.20. The minimum absolute atomic E-state index is 0.0303. The van der Waals surface area contributed by atoms with Crippen molar-refractivity contribution in [2.45, 2.75) is 73.1 Å². The van der Waals surface area contributed by atoms with Gasteiger partial charge in [-0.3, -0.25) is 18.8 Å². The molecule has 2 saturated heterocycles. The van der Waals surface area contributed by atoms with Crippen molar-refractivity contribution < 1.29 is 23.9 Å². The summed E-state index contributed by atoms with van der Waals surface area (Å²) >= 11 is 1.64. The van der Waals surface area contributed by atoms with Gasteiger partial charge in [-0.2, -0.15) is 0 Å². The molecule has 5 aromatic rings. The summed E-state index contributed by atoms with van der Waals surface area (Å²) < 4.78 is 6.40. The van der Waals surface area contributed by atoms with E-state index >= 15 is 0 Å². The average molecular weight is 777 g/mol. The zero-order chi connectivity index (χ0) is 40.0. The molecule has 4 N–H and O–H groups in total. The van der Waals surface area contributed by atoms with Gasteiger partial charge in [-0.05, 0) is 31.2 Å². The van der Waals surface area contributed by atoms with Gasteiger partial charge in [0.25, 0.3) is 0 Å². The number of methoxy groups -OCH3 is 1. The van der Waals surface area contributed by atoms with E-state index in [1.165, 1.54) is 26.9 Å². The molecule has 0 aliphatic carbocycles. The molecular formula is C39H56N10O5S. The first-order valence-electron chi connectivity index (χ1n) is 18.8. The molecule has 2 aliphatic heterocycles. The average Bonchev–Trinajstić information content (AvgIpc) is 4.04. The molecule has 0 bridgehead atoms. The normalized spacial score (nSPS) is 12.8. The standard InChI is InChI=1S/C17H12N6S.C8H14N2O3.C8H14N2O2.2C3H8/c1-3-12(4-2-11(1)13-5-18-9-20-13)15-7-23-8-16(24-17(23)22-15)14-6-19-10-21-14;1-13-8(12)9-6-7(11)10-4-2-3-5-10;1-7(11)9-6-8(12)10-4-2-3-5-10;2*1-3-2/h1-10H,(H,18,20)(H,19,21);2-6H2,1H3,(H,9,12);2-6H2,1H3,(H,9,11);2*3H2,1-2H3. The molecule has 2 aliphatic rings. The number of imidazole rings is 3. The van der Waals surface area contributed by atoms with Gasteiger partial charge in [0.2, 0.25) is 17.7 Å². The van der Waals surface area contributed by atoms with E-state index in [9.17, 15) is 19.2 Å². The smallest absolute Gasteiger partial charge is 0.407 e. The van der Waals surface area contributed by atoms with E-state index in [0.717, 1.165) is 89.9 Å². The number of nitrogens with one attached hydrogen (secondary N) is 4. The van der Waals surface area contributed by atoms with Crippen molar-refractivity contribution in [2.24, 2.45) is 0 Å². The molecule has 6 heterocycles. The summed E-state index contributed by atoms with van der Waals surface area (Å²) in [5.74, 6) is -0.159. The Balaban J connectivity index is 0.000000224. The minimum Gasteiger partial charge on any atom is -0.453 e. The lowest BCUT2D eigenvalue weighted by Gasteiger charge is -2.14. The molecule has 298 valence electrons. The highest BCUT2D eigenvalue weighted by molar-refractivity contribution is 7.20. The quantitative estimate of drug-likeness (QED) is 0.147. The largest absolute Gasteiger partial charge is 0.453 e. The second kappa shape index (κ2) is 24.0. The van der Waals surface area contributed by atoms with Gasteiger partial charge in [-0.1, -0.05) is 76.1 Å². The van der Waals surface area contributed by atoms with Gasteiger partial charge in [-0.15, -0.1) is 0 Å². The first-order valence-corrected chi connectivity index (χ1v) is 19.6. The van der Waals surface area contributed by atoms with E-state index in [2.05, 4.69) is 104 Å². The molecule has 15 nitrogen and oxygen atoms in total. The molecule has 0 unspecified atom stereocenters. The summed E-state index contributed by atoms with van der Waals surface area (Å²) in [6.45, 7) is 13.4. The van der Waals surface area contributed by atoms with E-state index in [0.29, 0.717) is 0 Å². The Hall–Kier alpha value is -5.51. The molecule has 0 radical (unpaired) electrons. The lowest BCUT2D eigenvalue weighted by molar-refractivity contribution is -0.131. The number of rotatable bonds is 7. The highest BCUT2D eigenvalue weighted by Gasteiger charge is 2.18. The molecule has 2 fully saturated rings. The number of thiazole rings is 1. The lowest BCUT2D eigenvalue weighted by Crippen LogP contribution is -2.38. The molecule has 0 atom stereocenters. The van der Waals surface area contributed by atoms with E-state index < -0.39 is 6.09 Å². The Bertz CT molecular complexity index is 1810. The van der Waals surface area contributed by atoms with E-state index in [4.69, 9.17) is 4.98 Å². The van der Waals surface area contributed by atoms with E-state index in [1.807, 2.05) is 12.4 Å². The summed E-state index contributed by atoms with van der Waals surface area (Å²) in [4.78, 5) is 68.4. The van der Waals surface area contributed by atoms with Crippen molar-refractivity contribution >= 4 is 40.1 Å². The monoisotopic (exact) mass is 776 g/mol. The number of ether oxygens (including phenoxy) is 1. The summed E-state index contributed by atoms with van der Waals surface area (Å²) in [6.07, 6.45) is 17.4. The third-order valence-electron chi connectivity index (χ3n) is 7.88. The number of carbonyl (C=O) groups is 4. The second-order valence-electron chi connectivity index (χ2n) is 12.8. The maximum absolute atomic E-state index is 11.3. The molecule has 1 aromatic carbocycles. The molecule has 7 rings (SSSR count). The number of benzene rings is 1. The minimum atomic E-state index is -0.562. The van der Waals surface area contributed by atoms with E-state index in [1.54, 1.807) is 33.8 Å². The number of aromatic amines is 2. The predicted octanol–water partition coefficient (Wildman–Crippen LogP) is 6.39. The number of likely N-dealkylation sites (tertiary alicyclic amines) is 2. The van der Waals surface area contributed by atoms with Crippen LogP contribution in [0, 0.1) is 0 Å². The third-order valence-corrected chi connectivity index (χ3v) is 8.91. The Morgan fingerprint density at radius 3 is 1.69 bits per heavy atom. The van der Waals surface area contributed by atoms with E-state index in [-0.39, 0.29) is 30.8 Å². The van der Waals surface area contributed by atoms with Crippen LogP contribution < -0.4 is 10.6 Å². The summed E-state index contributed by atoms with van der Waals surface area (Å²) in [5.41, 5.74) is 5.19. The Kier molecular flexibility index (Phi) is 19.2. The van der Waals surface area contributed by atoms with Crippen LogP contribution in [0.5, 0.6) is 0 Å². The highest BCUT2D eigenvalue weighted by Crippen LogP contribution is 2.30. The summed E-state index contributed by atoms with van der Waals surface area (Å²) in [6, 6.07) is 8.31. The zero-order valence-corrected chi connectivity index (χ0v) is 33.7. The predicted molar refractivity (Wildman–Crippen MR) is 216 cm³/mol. The number of H-pyrrole nitrogens is 2. The number of hydrogen-bond donors (Lipinski definition) is 4. The number of aromatic nitrogens is 6. The highest BCUT2D eigenvalue weighted by atomic mass is 32.1. The second-order valence-corrected chi connectivity index (χ2v) is 13.8. The van der Waals surface area contributed by atoms with Gasteiger partial charge < -0.3 is 35.1 Å². The fourth-order valence-electron chi connectivity index (χ4n) is 5.26. The maximum Gasteiger partial charge on any atom is 0.407 e. The van der Waals surface area contributed by atoms with Crippen LogP contribution in [-0.4, -0.2) is 109 Å². The molecule has 4 amide bonds. The van der Waals surface area contributed by atoms with Crippen LogP contribution in [0.3, 0.4) is 0 Å². The maximum atomic E-state index is 11.3. The van der Waals surface area contributed by atoms with Crippen LogP contribution in [-0.2, 0) is 19.1 Å². The van der Waals surface area contributed by atoms with Gasteiger partial charge >= 0.3 is 6.09 Å². The molecule has 0 saturated carbocycles. The first-order chi connectivity index (χ1) is 26.6. The van der Waals surface area contributed by atoms with Crippen LogP contribution in [0.4, 0.5) is 4.79 Å². The van der Waals surface area contributed by atoms with Crippen molar-refractivity contribution in [3.05, 3.63) is 61.7 Å². The third kappa shape index (κ3) is 14.7. The van der Waals surface area contributed by atoms with Crippen LogP contribution in [0.25, 0.3) is 38.0 Å². The van der Waals surface area contributed by atoms with Crippen LogP contribution in [0.15, 0.2) is 61.7 Å².